The average Bonchev–Trinajstić information content (AvgIpc) is 2.90. The molecule has 0 saturated heterocycles. The Morgan fingerprint density at radius 2 is 0.921 bits per heavy atom. The number of carbonyl (C=O) groups is 3. The zero-order valence-corrected chi connectivity index (χ0v) is 26.2. The van der Waals surface area contributed by atoms with Gasteiger partial charge >= 0.3 is 11.9 Å². The minimum Gasteiger partial charge on any atom is -0.519 e. The molecule has 0 aliphatic rings. The summed E-state index contributed by atoms with van der Waals surface area (Å²) in [7, 11) is -2.20. The molecule has 7 heteroatoms. The van der Waals surface area contributed by atoms with Crippen molar-refractivity contribution in [3.8, 4) is 0 Å². The lowest BCUT2D eigenvalue weighted by atomic mass is 10.2. The van der Waals surface area contributed by atoms with Crippen LogP contribution in [0.1, 0.15) is 137 Å². The Labute approximate surface area is 234 Å². The van der Waals surface area contributed by atoms with Gasteiger partial charge in [-0.3, -0.25) is 4.79 Å². The third-order valence-corrected chi connectivity index (χ3v) is 11.4. The van der Waals surface area contributed by atoms with Gasteiger partial charge in [-0.25, -0.2) is 9.59 Å². The largest absolute Gasteiger partial charge is 0.519 e. The summed E-state index contributed by atoms with van der Waals surface area (Å²) in [6.45, 7) is 9.08. The highest BCUT2D eigenvalue weighted by Crippen LogP contribution is 2.31. The van der Waals surface area contributed by atoms with E-state index in [-0.39, 0.29) is 19.0 Å². The lowest BCUT2D eigenvalue weighted by Gasteiger charge is -2.32. The second-order valence-electron chi connectivity index (χ2n) is 10.6. The molecule has 0 fully saturated rings. The molecule has 0 aromatic carbocycles. The summed E-state index contributed by atoms with van der Waals surface area (Å²) in [5.41, 5.74) is 0. The van der Waals surface area contributed by atoms with Crippen molar-refractivity contribution in [2.24, 2.45) is 0 Å². The fourth-order valence-corrected chi connectivity index (χ4v) is 8.94. The molecular weight excluding hydrogens is 496 g/mol. The van der Waals surface area contributed by atoms with E-state index in [1.54, 1.807) is 0 Å². The van der Waals surface area contributed by atoms with Gasteiger partial charge in [-0.15, -0.1) is 0 Å². The number of ether oxygens (including phenoxy) is 2. The van der Waals surface area contributed by atoms with Gasteiger partial charge in [-0.05, 0) is 24.6 Å². The molecule has 222 valence electrons. The lowest BCUT2D eigenvalue weighted by Crippen LogP contribution is -2.40. The molecule has 0 radical (unpaired) electrons. The van der Waals surface area contributed by atoms with Gasteiger partial charge < -0.3 is 13.9 Å². The number of hydrogen-bond donors (Lipinski definition) is 0. The van der Waals surface area contributed by atoms with Gasteiger partial charge in [0.25, 0.3) is 14.3 Å². The van der Waals surface area contributed by atoms with Gasteiger partial charge in [0.1, 0.15) is 6.61 Å². The monoisotopic (exact) mass is 554 g/mol. The average molecular weight is 555 g/mol. The van der Waals surface area contributed by atoms with Crippen molar-refractivity contribution in [3.63, 3.8) is 0 Å². The third kappa shape index (κ3) is 21.3. The SMILES string of the molecule is CCCCCCOC(=O)/C=C\C(=O)OCCC(=O)O[Si](CCCCCC)(CCCCCC)CCCCCC. The second kappa shape index (κ2) is 25.6. The molecule has 0 aromatic rings. The van der Waals surface area contributed by atoms with Crippen LogP contribution in [0.4, 0.5) is 0 Å². The molecule has 0 aromatic heterocycles. The normalized spacial score (nSPS) is 11.6. The van der Waals surface area contributed by atoms with E-state index in [1.165, 1.54) is 57.8 Å². The quantitative estimate of drug-likeness (QED) is 0.0460. The number of esters is 2. The Hall–Kier alpha value is -1.63. The topological polar surface area (TPSA) is 78.9 Å². The predicted molar refractivity (Wildman–Crippen MR) is 159 cm³/mol. The van der Waals surface area contributed by atoms with E-state index in [2.05, 4.69) is 27.7 Å². The van der Waals surface area contributed by atoms with E-state index >= 15 is 0 Å². The van der Waals surface area contributed by atoms with Crippen molar-refractivity contribution < 1.29 is 28.3 Å². The Morgan fingerprint density at radius 1 is 0.526 bits per heavy atom. The van der Waals surface area contributed by atoms with Crippen LogP contribution in [0, 0.1) is 0 Å². The first-order chi connectivity index (χ1) is 18.4. The van der Waals surface area contributed by atoms with E-state index in [1.807, 2.05) is 0 Å². The van der Waals surface area contributed by atoms with Crippen molar-refractivity contribution >= 4 is 26.2 Å². The van der Waals surface area contributed by atoms with Gasteiger partial charge in [-0.1, -0.05) is 124 Å². The molecule has 0 spiro atoms. The summed E-state index contributed by atoms with van der Waals surface area (Å²) >= 11 is 0. The van der Waals surface area contributed by atoms with Crippen LogP contribution in [0.3, 0.4) is 0 Å². The van der Waals surface area contributed by atoms with Gasteiger partial charge in [0.15, 0.2) is 0 Å². The molecular formula is C31H58O6Si. The van der Waals surface area contributed by atoms with Crippen LogP contribution in [-0.2, 0) is 28.3 Å². The third-order valence-electron chi connectivity index (χ3n) is 6.94. The first-order valence-electron chi connectivity index (χ1n) is 15.7. The molecule has 0 atom stereocenters. The highest BCUT2D eigenvalue weighted by Gasteiger charge is 2.37. The number of unbranched alkanes of at least 4 members (excludes halogenated alkanes) is 12. The second-order valence-corrected chi connectivity index (χ2v) is 14.6. The van der Waals surface area contributed by atoms with Crippen LogP contribution in [0.25, 0.3) is 0 Å². The number of hydrogen-bond acceptors (Lipinski definition) is 6. The molecule has 38 heavy (non-hydrogen) atoms. The Morgan fingerprint density at radius 3 is 1.34 bits per heavy atom. The van der Waals surface area contributed by atoms with E-state index in [0.29, 0.717) is 6.61 Å². The van der Waals surface area contributed by atoms with Gasteiger partial charge in [-0.2, -0.15) is 0 Å². The predicted octanol–water partition coefficient (Wildman–Crippen LogP) is 8.83. The fraction of sp³-hybridized carbons (Fsp3) is 0.839. The molecule has 0 heterocycles. The lowest BCUT2D eigenvalue weighted by molar-refractivity contribution is -0.143. The fourth-order valence-electron chi connectivity index (χ4n) is 4.61. The van der Waals surface area contributed by atoms with Crippen LogP contribution in [0.15, 0.2) is 12.2 Å². The first kappa shape index (κ1) is 36.4. The van der Waals surface area contributed by atoms with E-state index in [4.69, 9.17) is 13.9 Å². The summed E-state index contributed by atoms with van der Waals surface area (Å²) in [4.78, 5) is 36.6. The van der Waals surface area contributed by atoms with Crippen molar-refractivity contribution in [2.45, 2.75) is 155 Å². The highest BCUT2D eigenvalue weighted by atomic mass is 28.4. The molecule has 0 rings (SSSR count). The van der Waals surface area contributed by atoms with Crippen molar-refractivity contribution in [3.05, 3.63) is 12.2 Å². The van der Waals surface area contributed by atoms with Crippen LogP contribution in [0.5, 0.6) is 0 Å². The van der Waals surface area contributed by atoms with Crippen LogP contribution in [0.2, 0.25) is 18.1 Å². The molecule has 0 bridgehead atoms. The van der Waals surface area contributed by atoms with Gasteiger partial charge in [0.2, 0.25) is 0 Å². The zero-order chi connectivity index (χ0) is 28.3. The van der Waals surface area contributed by atoms with Gasteiger partial charge in [0.05, 0.1) is 13.0 Å². The van der Waals surface area contributed by atoms with Crippen molar-refractivity contribution in [1.82, 2.24) is 0 Å². The highest BCUT2D eigenvalue weighted by molar-refractivity contribution is 6.75. The van der Waals surface area contributed by atoms with Gasteiger partial charge in [0, 0.05) is 12.2 Å². The van der Waals surface area contributed by atoms with Crippen molar-refractivity contribution in [2.75, 3.05) is 13.2 Å². The Balaban J connectivity index is 4.81. The summed E-state index contributed by atoms with van der Waals surface area (Å²) in [5, 5.41) is 0. The first-order valence-corrected chi connectivity index (χ1v) is 18.2. The van der Waals surface area contributed by atoms with E-state index < -0.39 is 20.3 Å². The maximum absolute atomic E-state index is 12.9. The maximum atomic E-state index is 12.9. The molecule has 0 aliphatic heterocycles. The molecule has 0 unspecified atom stereocenters. The summed E-state index contributed by atoms with van der Waals surface area (Å²) in [5.74, 6) is -1.45. The minimum atomic E-state index is -2.20. The summed E-state index contributed by atoms with van der Waals surface area (Å²) in [6.07, 6.45) is 20.5. The Kier molecular flexibility index (Phi) is 24.5. The van der Waals surface area contributed by atoms with E-state index in [0.717, 1.165) is 75.2 Å². The van der Waals surface area contributed by atoms with Crippen molar-refractivity contribution in [1.29, 1.82) is 0 Å². The standard InChI is InChI=1S/C31H58O6Si/c1-5-9-13-17-24-35-29(32)21-22-30(33)36-25-23-31(34)37-38(26-18-14-10-6-2,27-19-15-11-7-3)28-20-16-12-8-4/h21-22H,5-20,23-28H2,1-4H3/b22-21-. The minimum absolute atomic E-state index is 0.0416. The molecule has 0 amide bonds. The number of rotatable bonds is 26. The Bertz CT molecular complexity index is 603. The molecule has 0 aliphatic carbocycles. The maximum Gasteiger partial charge on any atom is 0.331 e. The molecule has 6 nitrogen and oxygen atoms in total. The molecule has 0 saturated carbocycles. The number of carbonyl (C=O) groups excluding carboxylic acids is 3. The smallest absolute Gasteiger partial charge is 0.331 e. The zero-order valence-electron chi connectivity index (χ0n) is 25.2. The molecule has 0 N–H and O–H groups in total. The van der Waals surface area contributed by atoms with Crippen LogP contribution < -0.4 is 0 Å². The summed E-state index contributed by atoms with van der Waals surface area (Å²) < 4.78 is 16.6. The van der Waals surface area contributed by atoms with E-state index in [9.17, 15) is 14.4 Å². The summed E-state index contributed by atoms with van der Waals surface area (Å²) in [6, 6.07) is 3.13. The van der Waals surface area contributed by atoms with Crippen LogP contribution in [-0.4, -0.2) is 39.4 Å². The van der Waals surface area contributed by atoms with Crippen LogP contribution >= 0.6 is 0 Å².